The lowest BCUT2D eigenvalue weighted by atomic mass is 9.91. The van der Waals surface area contributed by atoms with Gasteiger partial charge in [-0.15, -0.1) is 0 Å². The van der Waals surface area contributed by atoms with Crippen LogP contribution in [0.15, 0.2) is 42.6 Å². The predicted octanol–water partition coefficient (Wildman–Crippen LogP) is 4.10. The van der Waals surface area contributed by atoms with Crippen LogP contribution in [-0.4, -0.2) is 52.5 Å². The number of hydrogen-bond acceptors (Lipinski definition) is 5. The van der Waals surface area contributed by atoms with Gasteiger partial charge in [0.2, 0.25) is 0 Å². The molecular formula is C23H26F3N3O3. The lowest BCUT2D eigenvalue weighted by Crippen LogP contribution is -2.46. The number of nitrogens with zero attached hydrogens (tertiary/aromatic N) is 3. The summed E-state index contributed by atoms with van der Waals surface area (Å²) in [6.45, 7) is 1.53. The molecule has 0 unspecified atom stereocenters. The quantitative estimate of drug-likeness (QED) is 0.614. The van der Waals surface area contributed by atoms with Gasteiger partial charge in [-0.2, -0.15) is 13.2 Å². The zero-order chi connectivity index (χ0) is 22.9. The number of aliphatic hydroxyl groups is 1. The van der Waals surface area contributed by atoms with Crippen LogP contribution in [-0.2, 0) is 19.3 Å². The van der Waals surface area contributed by atoms with Gasteiger partial charge in [0.05, 0.1) is 26.4 Å². The Balaban J connectivity index is 1.50. The summed E-state index contributed by atoms with van der Waals surface area (Å²) in [6, 6.07) is 9.88. The van der Waals surface area contributed by atoms with Crippen molar-refractivity contribution in [2.24, 2.45) is 0 Å². The average Bonchev–Trinajstić information content (AvgIpc) is 3.14. The van der Waals surface area contributed by atoms with Crippen molar-refractivity contribution in [3.05, 3.63) is 53.9 Å². The number of aromatic nitrogens is 2. The minimum Gasteiger partial charge on any atom is -0.497 e. The highest BCUT2D eigenvalue weighted by Gasteiger charge is 2.39. The summed E-state index contributed by atoms with van der Waals surface area (Å²) in [5.74, 6) is 1.47. The number of alkyl halides is 3. The zero-order valence-corrected chi connectivity index (χ0v) is 18.0. The molecule has 1 aliphatic rings. The highest BCUT2D eigenvalue weighted by Crippen LogP contribution is 2.36. The van der Waals surface area contributed by atoms with Gasteiger partial charge in [-0.25, -0.2) is 4.98 Å². The van der Waals surface area contributed by atoms with Gasteiger partial charge in [0.1, 0.15) is 22.8 Å². The molecule has 9 heteroatoms. The molecule has 3 heterocycles. The van der Waals surface area contributed by atoms with Crippen LogP contribution in [0.4, 0.5) is 13.2 Å². The van der Waals surface area contributed by atoms with Crippen molar-refractivity contribution in [3.63, 3.8) is 0 Å². The number of hydrogen-bond donors (Lipinski definition) is 1. The van der Waals surface area contributed by atoms with E-state index in [0.717, 1.165) is 27.7 Å². The third-order valence-corrected chi connectivity index (χ3v) is 6.07. The molecule has 32 heavy (non-hydrogen) atoms. The molecule has 2 aromatic heterocycles. The smallest absolute Gasteiger partial charge is 0.431 e. The van der Waals surface area contributed by atoms with E-state index in [-0.39, 0.29) is 12.2 Å². The molecule has 1 N–H and O–H groups in total. The monoisotopic (exact) mass is 449 g/mol. The van der Waals surface area contributed by atoms with Gasteiger partial charge in [-0.1, -0.05) is 0 Å². The Hall–Kier alpha value is -2.78. The first kappa shape index (κ1) is 22.4. The molecule has 0 atom stereocenters. The van der Waals surface area contributed by atoms with Gasteiger partial charge in [0, 0.05) is 36.8 Å². The van der Waals surface area contributed by atoms with Crippen LogP contribution in [0.5, 0.6) is 11.5 Å². The fraction of sp³-hybridized carbons (Fsp3) is 0.435. The highest BCUT2D eigenvalue weighted by molar-refractivity contribution is 5.77. The fourth-order valence-electron chi connectivity index (χ4n) is 4.31. The first-order valence-electron chi connectivity index (χ1n) is 10.4. The molecule has 1 saturated heterocycles. The van der Waals surface area contributed by atoms with E-state index in [2.05, 4.69) is 9.88 Å². The summed E-state index contributed by atoms with van der Waals surface area (Å²) in [5.41, 5.74) is -0.851. The highest BCUT2D eigenvalue weighted by atomic mass is 19.4. The van der Waals surface area contributed by atoms with Crippen LogP contribution in [0.3, 0.4) is 0 Å². The number of piperidine rings is 1. The zero-order valence-electron chi connectivity index (χ0n) is 18.0. The van der Waals surface area contributed by atoms with Crippen molar-refractivity contribution in [3.8, 4) is 11.5 Å². The van der Waals surface area contributed by atoms with Gasteiger partial charge < -0.3 is 19.1 Å². The van der Waals surface area contributed by atoms with E-state index in [0.29, 0.717) is 37.9 Å². The van der Waals surface area contributed by atoms with Crippen molar-refractivity contribution in [2.45, 2.75) is 37.7 Å². The Morgan fingerprint density at radius 1 is 1.09 bits per heavy atom. The summed E-state index contributed by atoms with van der Waals surface area (Å²) >= 11 is 0. The summed E-state index contributed by atoms with van der Waals surface area (Å²) in [6.07, 6.45) is -2.36. The van der Waals surface area contributed by atoms with Crippen LogP contribution in [0, 0.1) is 0 Å². The second kappa shape index (κ2) is 8.63. The molecule has 1 aliphatic heterocycles. The molecule has 0 saturated carbocycles. The van der Waals surface area contributed by atoms with Crippen molar-refractivity contribution in [2.75, 3.05) is 27.3 Å². The first-order valence-corrected chi connectivity index (χ1v) is 10.4. The number of halogens is 3. The van der Waals surface area contributed by atoms with Gasteiger partial charge in [0.25, 0.3) is 0 Å². The number of rotatable bonds is 6. The van der Waals surface area contributed by atoms with Crippen molar-refractivity contribution in [1.82, 2.24) is 14.5 Å². The topological polar surface area (TPSA) is 59.8 Å². The summed E-state index contributed by atoms with van der Waals surface area (Å²) in [5, 5.41) is 11.6. The Kier molecular flexibility index (Phi) is 6.05. The van der Waals surface area contributed by atoms with E-state index in [1.807, 2.05) is 18.2 Å². The summed E-state index contributed by atoms with van der Waals surface area (Å²) < 4.78 is 52.8. The van der Waals surface area contributed by atoms with E-state index >= 15 is 0 Å². The minimum atomic E-state index is -4.53. The average molecular weight is 449 g/mol. The molecular weight excluding hydrogens is 423 g/mol. The molecule has 0 spiro atoms. The summed E-state index contributed by atoms with van der Waals surface area (Å²) in [7, 11) is 3.20. The number of likely N-dealkylation sites (tertiary alicyclic amines) is 1. The molecule has 1 fully saturated rings. The maximum absolute atomic E-state index is 13.6. The van der Waals surface area contributed by atoms with E-state index < -0.39 is 17.5 Å². The van der Waals surface area contributed by atoms with Gasteiger partial charge in [-0.05, 0) is 49.2 Å². The van der Waals surface area contributed by atoms with Crippen molar-refractivity contribution < 1.29 is 27.8 Å². The normalized spacial score (nSPS) is 16.9. The largest absolute Gasteiger partial charge is 0.497 e. The summed E-state index contributed by atoms with van der Waals surface area (Å²) in [4.78, 5) is 6.29. The van der Waals surface area contributed by atoms with Crippen molar-refractivity contribution >= 4 is 11.0 Å². The van der Waals surface area contributed by atoms with Crippen LogP contribution < -0.4 is 9.47 Å². The molecule has 3 aromatic rings. The van der Waals surface area contributed by atoms with Crippen molar-refractivity contribution in [1.29, 1.82) is 0 Å². The lowest BCUT2D eigenvalue weighted by molar-refractivity contribution is -0.145. The Labute approximate surface area is 184 Å². The van der Waals surface area contributed by atoms with Gasteiger partial charge in [0.15, 0.2) is 0 Å². The molecule has 6 nitrogen and oxygen atoms in total. The van der Waals surface area contributed by atoms with Crippen LogP contribution >= 0.6 is 0 Å². The molecule has 0 bridgehead atoms. The maximum atomic E-state index is 13.6. The predicted molar refractivity (Wildman–Crippen MR) is 114 cm³/mol. The Morgan fingerprint density at radius 2 is 1.84 bits per heavy atom. The third-order valence-electron chi connectivity index (χ3n) is 6.07. The van der Waals surface area contributed by atoms with Gasteiger partial charge >= 0.3 is 6.18 Å². The fourth-order valence-corrected chi connectivity index (χ4v) is 4.31. The van der Waals surface area contributed by atoms with E-state index in [4.69, 9.17) is 9.47 Å². The Bertz CT molecular complexity index is 1090. The van der Waals surface area contributed by atoms with Gasteiger partial charge in [-0.3, -0.25) is 4.90 Å². The second-order valence-electron chi connectivity index (χ2n) is 8.21. The molecule has 0 amide bonds. The van der Waals surface area contributed by atoms with Crippen LogP contribution in [0.2, 0.25) is 0 Å². The number of ether oxygens (including phenoxy) is 2. The number of fused-ring (bicyclic) bond motifs is 1. The molecule has 1 aromatic carbocycles. The Morgan fingerprint density at radius 3 is 2.50 bits per heavy atom. The molecule has 172 valence electrons. The first-order chi connectivity index (χ1) is 15.2. The lowest BCUT2D eigenvalue weighted by Gasteiger charge is -2.39. The van der Waals surface area contributed by atoms with Crippen LogP contribution in [0.1, 0.15) is 24.1 Å². The number of pyridine rings is 1. The molecule has 0 aliphatic carbocycles. The van der Waals surface area contributed by atoms with E-state index in [1.165, 1.54) is 6.20 Å². The maximum Gasteiger partial charge on any atom is 0.431 e. The SMILES string of the molecule is COc1ccc(OC)c(CN2CCC(O)(Cn3c(C(F)(F)F)cc4cccnc43)CC2)c1. The van der Waals surface area contributed by atoms with E-state index in [1.54, 1.807) is 26.4 Å². The second-order valence-corrected chi connectivity index (χ2v) is 8.21. The molecule has 4 rings (SSSR count). The number of benzene rings is 1. The third kappa shape index (κ3) is 4.54. The van der Waals surface area contributed by atoms with E-state index in [9.17, 15) is 18.3 Å². The number of methoxy groups -OCH3 is 2. The standard InChI is InChI=1S/C23H26F3N3O3/c1-31-18-5-6-19(32-2)17(12-18)14-28-10-7-22(30,8-11-28)15-29-20(23(24,25)26)13-16-4-3-9-27-21(16)29/h3-6,9,12-13,30H,7-8,10-11,14-15H2,1-2H3. The molecule has 0 radical (unpaired) electrons. The minimum absolute atomic E-state index is 0.154. The van der Waals surface area contributed by atoms with Crippen LogP contribution in [0.25, 0.3) is 11.0 Å².